The predicted molar refractivity (Wildman–Crippen MR) is 107 cm³/mol. The monoisotopic (exact) mass is 356 g/mol. The number of nitrogens with zero attached hydrogens (tertiary/aromatic N) is 1. The molecule has 134 valence electrons. The standard InChI is InChI=1S/C23H21N3O/c1-16(22-25-20-15-9-8-14-19(20)23(27)26-22)24-21(17-10-4-2-5-11-17)18-12-6-3-7-13-18/h2-16,21,24H,1H3,(H,25,26,27)/p+1/t16-/m0/s1. The summed E-state index contributed by atoms with van der Waals surface area (Å²) in [4.78, 5) is 20.1. The van der Waals surface area contributed by atoms with Crippen molar-refractivity contribution in [3.8, 4) is 0 Å². The number of benzene rings is 3. The first-order valence-electron chi connectivity index (χ1n) is 9.16. The summed E-state index contributed by atoms with van der Waals surface area (Å²) in [5.41, 5.74) is 3.08. The topological polar surface area (TPSA) is 62.4 Å². The molecule has 4 nitrogen and oxygen atoms in total. The number of aromatic nitrogens is 2. The maximum absolute atomic E-state index is 12.4. The third kappa shape index (κ3) is 3.66. The van der Waals surface area contributed by atoms with Gasteiger partial charge in [0.15, 0.2) is 5.82 Å². The summed E-state index contributed by atoms with van der Waals surface area (Å²) in [5.74, 6) is 0.690. The summed E-state index contributed by atoms with van der Waals surface area (Å²) < 4.78 is 0. The molecule has 3 aromatic carbocycles. The Hall–Kier alpha value is -3.24. The quantitative estimate of drug-likeness (QED) is 0.576. The molecule has 0 saturated carbocycles. The lowest BCUT2D eigenvalue weighted by Crippen LogP contribution is -2.86. The Labute approximate surface area is 157 Å². The van der Waals surface area contributed by atoms with Gasteiger partial charge in [0, 0.05) is 11.1 Å². The lowest BCUT2D eigenvalue weighted by Gasteiger charge is -2.20. The molecule has 1 atom stereocenters. The minimum Gasteiger partial charge on any atom is -0.328 e. The second kappa shape index (κ2) is 7.56. The van der Waals surface area contributed by atoms with Crippen molar-refractivity contribution in [1.82, 2.24) is 9.97 Å². The van der Waals surface area contributed by atoms with Gasteiger partial charge in [0.2, 0.25) is 0 Å². The molecule has 0 aliphatic rings. The van der Waals surface area contributed by atoms with Crippen LogP contribution in [-0.4, -0.2) is 9.97 Å². The Balaban J connectivity index is 1.70. The van der Waals surface area contributed by atoms with Crippen molar-refractivity contribution < 1.29 is 5.32 Å². The fourth-order valence-electron chi connectivity index (χ4n) is 3.44. The molecule has 4 rings (SSSR count). The first-order valence-corrected chi connectivity index (χ1v) is 9.16. The number of quaternary nitrogens is 1. The van der Waals surface area contributed by atoms with Crippen molar-refractivity contribution in [2.75, 3.05) is 0 Å². The summed E-state index contributed by atoms with van der Waals surface area (Å²) >= 11 is 0. The molecule has 0 fully saturated rings. The number of para-hydroxylation sites is 1. The van der Waals surface area contributed by atoms with Gasteiger partial charge in [-0.1, -0.05) is 72.8 Å². The van der Waals surface area contributed by atoms with Crippen LogP contribution in [0.1, 0.15) is 36.0 Å². The molecule has 0 bridgehead atoms. The number of H-pyrrole nitrogens is 1. The summed E-state index contributed by atoms with van der Waals surface area (Å²) in [7, 11) is 0. The van der Waals surface area contributed by atoms with Gasteiger partial charge in [0.25, 0.3) is 5.56 Å². The molecule has 0 aliphatic heterocycles. The Morgan fingerprint density at radius 3 is 2.00 bits per heavy atom. The van der Waals surface area contributed by atoms with Crippen LogP contribution in [0.3, 0.4) is 0 Å². The van der Waals surface area contributed by atoms with Gasteiger partial charge in [-0.25, -0.2) is 4.98 Å². The lowest BCUT2D eigenvalue weighted by atomic mass is 9.98. The van der Waals surface area contributed by atoms with E-state index in [1.165, 1.54) is 11.1 Å². The largest absolute Gasteiger partial charge is 0.328 e. The van der Waals surface area contributed by atoms with Crippen molar-refractivity contribution in [2.45, 2.75) is 19.0 Å². The van der Waals surface area contributed by atoms with Gasteiger partial charge in [0.1, 0.15) is 12.1 Å². The highest BCUT2D eigenvalue weighted by Crippen LogP contribution is 2.19. The minimum atomic E-state index is -0.0909. The second-order valence-corrected chi connectivity index (χ2v) is 6.75. The highest BCUT2D eigenvalue weighted by Gasteiger charge is 2.23. The average Bonchev–Trinajstić information content (AvgIpc) is 2.73. The van der Waals surface area contributed by atoms with Gasteiger partial charge in [-0.2, -0.15) is 0 Å². The highest BCUT2D eigenvalue weighted by atomic mass is 16.1. The van der Waals surface area contributed by atoms with Crippen LogP contribution >= 0.6 is 0 Å². The Morgan fingerprint density at radius 1 is 0.815 bits per heavy atom. The Bertz CT molecular complexity index is 1050. The Morgan fingerprint density at radius 2 is 1.37 bits per heavy atom. The van der Waals surface area contributed by atoms with E-state index in [-0.39, 0.29) is 17.6 Å². The van der Waals surface area contributed by atoms with E-state index in [1.807, 2.05) is 30.3 Å². The van der Waals surface area contributed by atoms with Crippen molar-refractivity contribution in [3.05, 3.63) is 112 Å². The van der Waals surface area contributed by atoms with Crippen molar-refractivity contribution in [1.29, 1.82) is 0 Å². The van der Waals surface area contributed by atoms with E-state index in [4.69, 9.17) is 0 Å². The van der Waals surface area contributed by atoms with Crippen LogP contribution in [0.5, 0.6) is 0 Å². The van der Waals surface area contributed by atoms with Gasteiger partial charge in [-0.15, -0.1) is 0 Å². The summed E-state index contributed by atoms with van der Waals surface area (Å²) in [6.07, 6.45) is 0. The SMILES string of the molecule is C[C@H]([NH2+]C(c1ccccc1)c1ccccc1)c1nc2ccccc2c(=O)[nH]1. The van der Waals surface area contributed by atoms with Crippen molar-refractivity contribution in [3.63, 3.8) is 0 Å². The molecule has 4 aromatic rings. The zero-order chi connectivity index (χ0) is 18.6. The maximum atomic E-state index is 12.4. The molecule has 1 aromatic heterocycles. The van der Waals surface area contributed by atoms with E-state index in [0.29, 0.717) is 11.2 Å². The molecule has 0 amide bonds. The van der Waals surface area contributed by atoms with Crippen LogP contribution in [0.4, 0.5) is 0 Å². The summed E-state index contributed by atoms with van der Waals surface area (Å²) in [6, 6.07) is 28.4. The van der Waals surface area contributed by atoms with E-state index >= 15 is 0 Å². The van der Waals surface area contributed by atoms with Gasteiger partial charge >= 0.3 is 0 Å². The molecular weight excluding hydrogens is 334 g/mol. The second-order valence-electron chi connectivity index (χ2n) is 6.75. The third-order valence-corrected chi connectivity index (χ3v) is 4.86. The molecule has 0 radical (unpaired) electrons. The number of hydrogen-bond donors (Lipinski definition) is 2. The molecule has 1 heterocycles. The van der Waals surface area contributed by atoms with E-state index in [0.717, 1.165) is 5.52 Å². The van der Waals surface area contributed by atoms with Gasteiger partial charge < -0.3 is 10.3 Å². The normalized spacial score (nSPS) is 12.4. The zero-order valence-corrected chi connectivity index (χ0v) is 15.2. The smallest absolute Gasteiger partial charge is 0.258 e. The van der Waals surface area contributed by atoms with Crippen LogP contribution in [0.25, 0.3) is 10.9 Å². The van der Waals surface area contributed by atoms with Gasteiger partial charge in [0.05, 0.1) is 10.9 Å². The number of rotatable bonds is 5. The predicted octanol–water partition coefficient (Wildman–Crippen LogP) is 3.34. The summed E-state index contributed by atoms with van der Waals surface area (Å²) in [5, 5.41) is 2.87. The van der Waals surface area contributed by atoms with Crippen LogP contribution in [0, 0.1) is 0 Å². The van der Waals surface area contributed by atoms with E-state index < -0.39 is 0 Å². The van der Waals surface area contributed by atoms with Crippen molar-refractivity contribution >= 4 is 10.9 Å². The highest BCUT2D eigenvalue weighted by molar-refractivity contribution is 5.77. The number of aromatic amines is 1. The molecule has 0 saturated heterocycles. The molecule has 0 aliphatic carbocycles. The fraction of sp³-hybridized carbons (Fsp3) is 0.130. The van der Waals surface area contributed by atoms with E-state index in [1.54, 1.807) is 6.07 Å². The minimum absolute atomic E-state index is 0.00674. The van der Waals surface area contributed by atoms with E-state index in [9.17, 15) is 4.79 Å². The van der Waals surface area contributed by atoms with Crippen LogP contribution < -0.4 is 10.9 Å². The van der Waals surface area contributed by atoms with E-state index in [2.05, 4.69) is 70.7 Å². The molecule has 4 heteroatoms. The van der Waals surface area contributed by atoms with Crippen LogP contribution in [-0.2, 0) is 0 Å². The number of fused-ring (bicyclic) bond motifs is 1. The molecular formula is C23H22N3O+. The first kappa shape index (κ1) is 17.2. The van der Waals surface area contributed by atoms with Gasteiger partial charge in [-0.05, 0) is 19.1 Å². The molecule has 0 spiro atoms. The number of hydrogen-bond acceptors (Lipinski definition) is 2. The number of nitrogens with two attached hydrogens (primary N) is 1. The molecule has 3 N–H and O–H groups in total. The zero-order valence-electron chi connectivity index (χ0n) is 15.2. The maximum Gasteiger partial charge on any atom is 0.258 e. The average molecular weight is 356 g/mol. The first-order chi connectivity index (χ1) is 13.2. The molecule has 27 heavy (non-hydrogen) atoms. The summed E-state index contributed by atoms with van der Waals surface area (Å²) in [6.45, 7) is 2.08. The fourth-order valence-corrected chi connectivity index (χ4v) is 3.44. The van der Waals surface area contributed by atoms with Crippen LogP contribution in [0.2, 0.25) is 0 Å². The third-order valence-electron chi connectivity index (χ3n) is 4.86. The lowest BCUT2D eigenvalue weighted by molar-refractivity contribution is -0.724. The number of nitrogens with one attached hydrogen (secondary N) is 1. The van der Waals surface area contributed by atoms with Crippen LogP contribution in [0.15, 0.2) is 89.7 Å². The van der Waals surface area contributed by atoms with Crippen molar-refractivity contribution in [2.24, 2.45) is 0 Å². The van der Waals surface area contributed by atoms with Gasteiger partial charge in [-0.3, -0.25) is 4.79 Å². The Kier molecular flexibility index (Phi) is 4.81. The molecule has 0 unspecified atom stereocenters.